The number of rotatable bonds is 4. The van der Waals surface area contributed by atoms with Gasteiger partial charge in [-0.25, -0.2) is 0 Å². The second-order valence-corrected chi connectivity index (χ2v) is 5.10. The fourth-order valence-corrected chi connectivity index (χ4v) is 2.63. The summed E-state index contributed by atoms with van der Waals surface area (Å²) in [5, 5.41) is 13.6. The summed E-state index contributed by atoms with van der Waals surface area (Å²) in [6, 6.07) is 8.44. The summed E-state index contributed by atoms with van der Waals surface area (Å²) < 4.78 is 0. The molecule has 4 nitrogen and oxygen atoms in total. The highest BCUT2D eigenvalue weighted by Crippen LogP contribution is 2.24. The number of hydrogen-bond donors (Lipinski definition) is 2. The van der Waals surface area contributed by atoms with Crippen LogP contribution in [-0.4, -0.2) is 17.0 Å². The summed E-state index contributed by atoms with van der Waals surface area (Å²) in [5.41, 5.74) is 1.04. The normalized spacial score (nSPS) is 10.2. The van der Waals surface area contributed by atoms with Gasteiger partial charge in [0.1, 0.15) is 4.88 Å². The van der Waals surface area contributed by atoms with Crippen LogP contribution in [0.15, 0.2) is 35.7 Å². The van der Waals surface area contributed by atoms with Gasteiger partial charge in [0.2, 0.25) is 0 Å². The molecule has 2 aromatic rings. The first-order valence-electron chi connectivity index (χ1n) is 5.42. The van der Waals surface area contributed by atoms with Gasteiger partial charge in [0.05, 0.1) is 11.4 Å². The first-order valence-corrected chi connectivity index (χ1v) is 6.67. The third kappa shape index (κ3) is 3.33. The minimum Gasteiger partial charge on any atom is -0.481 e. The maximum Gasteiger partial charge on any atom is 0.307 e. The standard InChI is InChI=1S/C13H10ClNO3S/c14-9-5-6-19-12(9)13(18)15-10-4-2-1-3-8(10)7-11(16)17/h1-6H,7H2,(H,15,18)(H,16,17). The second kappa shape index (κ2) is 5.86. The molecule has 0 fully saturated rings. The van der Waals surface area contributed by atoms with Gasteiger partial charge < -0.3 is 10.4 Å². The van der Waals surface area contributed by atoms with Crippen LogP contribution in [0.3, 0.4) is 0 Å². The molecule has 0 spiro atoms. The van der Waals surface area contributed by atoms with Crippen molar-refractivity contribution in [2.24, 2.45) is 0 Å². The second-order valence-electron chi connectivity index (χ2n) is 3.78. The van der Waals surface area contributed by atoms with Crippen LogP contribution in [0.25, 0.3) is 0 Å². The quantitative estimate of drug-likeness (QED) is 0.909. The number of hydrogen-bond acceptors (Lipinski definition) is 3. The number of thiophene rings is 1. The topological polar surface area (TPSA) is 66.4 Å². The fraction of sp³-hybridized carbons (Fsp3) is 0.0769. The van der Waals surface area contributed by atoms with Crippen LogP contribution in [0.4, 0.5) is 5.69 Å². The van der Waals surface area contributed by atoms with Crippen molar-refractivity contribution < 1.29 is 14.7 Å². The minimum absolute atomic E-state index is 0.144. The Morgan fingerprint density at radius 2 is 2.00 bits per heavy atom. The number of carboxylic acids is 1. The first kappa shape index (κ1) is 13.6. The molecule has 2 N–H and O–H groups in total. The van der Waals surface area contributed by atoms with E-state index in [-0.39, 0.29) is 12.3 Å². The highest BCUT2D eigenvalue weighted by atomic mass is 35.5. The molecule has 0 atom stereocenters. The smallest absolute Gasteiger partial charge is 0.307 e. The van der Waals surface area contributed by atoms with Crippen LogP contribution in [-0.2, 0) is 11.2 Å². The van der Waals surface area contributed by atoms with Gasteiger partial charge in [0.25, 0.3) is 5.91 Å². The van der Waals surface area contributed by atoms with E-state index in [2.05, 4.69) is 5.32 Å². The summed E-state index contributed by atoms with van der Waals surface area (Å²) in [6.07, 6.45) is -0.144. The molecule has 0 unspecified atom stereocenters. The molecule has 0 aliphatic rings. The van der Waals surface area contributed by atoms with Gasteiger partial charge in [0.15, 0.2) is 0 Å². The van der Waals surface area contributed by atoms with Crippen molar-refractivity contribution >= 4 is 40.5 Å². The molecule has 6 heteroatoms. The number of carbonyl (C=O) groups is 2. The molecular formula is C13H10ClNO3S. The molecule has 19 heavy (non-hydrogen) atoms. The molecular weight excluding hydrogens is 286 g/mol. The Morgan fingerprint density at radius 3 is 2.63 bits per heavy atom. The van der Waals surface area contributed by atoms with E-state index in [0.717, 1.165) is 0 Å². The summed E-state index contributed by atoms with van der Waals surface area (Å²) in [5.74, 6) is -1.28. The number of anilines is 1. The van der Waals surface area contributed by atoms with Crippen LogP contribution in [0.5, 0.6) is 0 Å². The van der Waals surface area contributed by atoms with Gasteiger partial charge in [-0.1, -0.05) is 29.8 Å². The lowest BCUT2D eigenvalue weighted by atomic mass is 10.1. The molecule has 0 aliphatic heterocycles. The van der Waals surface area contributed by atoms with Crippen molar-refractivity contribution in [3.63, 3.8) is 0 Å². The summed E-state index contributed by atoms with van der Waals surface area (Å²) in [7, 11) is 0. The number of para-hydroxylation sites is 1. The molecule has 0 radical (unpaired) electrons. The van der Waals surface area contributed by atoms with Crippen molar-refractivity contribution in [2.75, 3.05) is 5.32 Å². The fourth-order valence-electron chi connectivity index (χ4n) is 1.59. The Balaban J connectivity index is 2.22. The van der Waals surface area contributed by atoms with Crippen LogP contribution >= 0.6 is 22.9 Å². The number of aliphatic carboxylic acids is 1. The number of halogens is 1. The third-order valence-corrected chi connectivity index (χ3v) is 3.77. The molecule has 1 heterocycles. The van der Waals surface area contributed by atoms with Gasteiger partial charge in [-0.15, -0.1) is 11.3 Å². The largest absolute Gasteiger partial charge is 0.481 e. The molecule has 1 aromatic carbocycles. The number of carboxylic acid groups (broad SMARTS) is 1. The Kier molecular flexibility index (Phi) is 4.19. The zero-order valence-corrected chi connectivity index (χ0v) is 11.3. The Labute approximate surface area is 118 Å². The maximum absolute atomic E-state index is 12.0. The molecule has 0 bridgehead atoms. The van der Waals surface area contributed by atoms with Crippen molar-refractivity contribution in [2.45, 2.75) is 6.42 Å². The molecule has 2 rings (SSSR count). The SMILES string of the molecule is O=C(O)Cc1ccccc1NC(=O)c1sccc1Cl. The zero-order valence-electron chi connectivity index (χ0n) is 9.72. The van der Waals surface area contributed by atoms with E-state index >= 15 is 0 Å². The zero-order chi connectivity index (χ0) is 13.8. The molecule has 0 saturated heterocycles. The van der Waals surface area contributed by atoms with E-state index in [1.54, 1.807) is 35.7 Å². The Hall–Kier alpha value is -1.85. The summed E-state index contributed by atoms with van der Waals surface area (Å²) in [6.45, 7) is 0. The monoisotopic (exact) mass is 295 g/mol. The average Bonchev–Trinajstić information content (AvgIpc) is 2.77. The predicted molar refractivity (Wildman–Crippen MR) is 75.1 cm³/mol. The Morgan fingerprint density at radius 1 is 1.26 bits per heavy atom. The van der Waals surface area contributed by atoms with Crippen LogP contribution in [0.1, 0.15) is 15.2 Å². The maximum atomic E-state index is 12.0. The van der Waals surface area contributed by atoms with Crippen LogP contribution < -0.4 is 5.32 Å². The van der Waals surface area contributed by atoms with E-state index in [1.807, 2.05) is 0 Å². The highest BCUT2D eigenvalue weighted by Gasteiger charge is 2.14. The van der Waals surface area contributed by atoms with Crippen LogP contribution in [0.2, 0.25) is 5.02 Å². The lowest BCUT2D eigenvalue weighted by Gasteiger charge is -2.09. The molecule has 0 aliphatic carbocycles. The van der Waals surface area contributed by atoms with Crippen LogP contribution in [0, 0.1) is 0 Å². The van der Waals surface area contributed by atoms with Gasteiger partial charge >= 0.3 is 5.97 Å². The molecule has 98 valence electrons. The van der Waals surface area contributed by atoms with E-state index in [4.69, 9.17) is 16.7 Å². The highest BCUT2D eigenvalue weighted by molar-refractivity contribution is 7.12. The van der Waals surface area contributed by atoms with E-state index in [9.17, 15) is 9.59 Å². The van der Waals surface area contributed by atoms with Gasteiger partial charge in [0, 0.05) is 5.69 Å². The molecule has 0 saturated carbocycles. The van der Waals surface area contributed by atoms with Gasteiger partial charge in [-0.2, -0.15) is 0 Å². The summed E-state index contributed by atoms with van der Waals surface area (Å²) in [4.78, 5) is 23.2. The number of amides is 1. The summed E-state index contributed by atoms with van der Waals surface area (Å²) >= 11 is 7.12. The van der Waals surface area contributed by atoms with E-state index in [1.165, 1.54) is 11.3 Å². The van der Waals surface area contributed by atoms with Crippen molar-refractivity contribution in [1.29, 1.82) is 0 Å². The minimum atomic E-state index is -0.948. The first-order chi connectivity index (χ1) is 9.08. The molecule has 1 aromatic heterocycles. The van der Waals surface area contributed by atoms with Crippen molar-refractivity contribution in [1.82, 2.24) is 0 Å². The van der Waals surface area contributed by atoms with E-state index in [0.29, 0.717) is 21.2 Å². The lowest BCUT2D eigenvalue weighted by molar-refractivity contribution is -0.136. The van der Waals surface area contributed by atoms with Crippen molar-refractivity contribution in [3.05, 3.63) is 51.2 Å². The molecule has 1 amide bonds. The number of carbonyl (C=O) groups excluding carboxylic acids is 1. The number of nitrogens with one attached hydrogen (secondary N) is 1. The average molecular weight is 296 g/mol. The Bertz CT molecular complexity index is 624. The lowest BCUT2D eigenvalue weighted by Crippen LogP contribution is -2.13. The van der Waals surface area contributed by atoms with Gasteiger partial charge in [-0.05, 0) is 23.1 Å². The third-order valence-electron chi connectivity index (χ3n) is 2.43. The predicted octanol–water partition coefficient (Wildman–Crippen LogP) is 3.28. The van der Waals surface area contributed by atoms with Gasteiger partial charge in [-0.3, -0.25) is 9.59 Å². The number of benzene rings is 1. The van der Waals surface area contributed by atoms with Crippen molar-refractivity contribution in [3.8, 4) is 0 Å². The van der Waals surface area contributed by atoms with E-state index < -0.39 is 5.97 Å².